The smallest absolute Gasteiger partial charge is 0.105 e. The standard InChI is InChI=1S/C16H16O2/c1-9-7-8-10(2)14-13(9)15(17)11-5-3-4-6-12(11)16(14)18/h3-8,15-18H,1-2H3. The van der Waals surface area contributed by atoms with Crippen molar-refractivity contribution in [2.45, 2.75) is 26.1 Å². The Morgan fingerprint density at radius 2 is 1.11 bits per heavy atom. The first-order valence-corrected chi connectivity index (χ1v) is 6.16. The highest BCUT2D eigenvalue weighted by Gasteiger charge is 2.31. The van der Waals surface area contributed by atoms with Crippen molar-refractivity contribution >= 4 is 0 Å². The van der Waals surface area contributed by atoms with E-state index in [4.69, 9.17) is 0 Å². The second-order valence-corrected chi connectivity index (χ2v) is 4.96. The van der Waals surface area contributed by atoms with Gasteiger partial charge in [0.05, 0.1) is 0 Å². The van der Waals surface area contributed by atoms with Gasteiger partial charge in [-0.15, -0.1) is 0 Å². The first kappa shape index (κ1) is 11.5. The molecule has 18 heavy (non-hydrogen) atoms. The summed E-state index contributed by atoms with van der Waals surface area (Å²) < 4.78 is 0. The van der Waals surface area contributed by atoms with E-state index in [0.717, 1.165) is 33.4 Å². The second-order valence-electron chi connectivity index (χ2n) is 4.96. The predicted octanol–water partition coefficient (Wildman–Crippen LogP) is 2.78. The third-order valence-corrected chi connectivity index (χ3v) is 3.86. The van der Waals surface area contributed by atoms with Crippen LogP contribution in [0.3, 0.4) is 0 Å². The van der Waals surface area contributed by atoms with E-state index >= 15 is 0 Å². The number of hydrogen-bond acceptors (Lipinski definition) is 2. The van der Waals surface area contributed by atoms with E-state index in [1.54, 1.807) is 0 Å². The van der Waals surface area contributed by atoms with Gasteiger partial charge >= 0.3 is 0 Å². The quantitative estimate of drug-likeness (QED) is 0.743. The molecule has 2 aromatic carbocycles. The zero-order chi connectivity index (χ0) is 12.9. The van der Waals surface area contributed by atoms with Crippen LogP contribution in [-0.4, -0.2) is 10.2 Å². The van der Waals surface area contributed by atoms with E-state index in [1.807, 2.05) is 50.2 Å². The van der Waals surface area contributed by atoms with Crippen molar-refractivity contribution in [2.75, 3.05) is 0 Å². The molecule has 0 bridgehead atoms. The summed E-state index contributed by atoms with van der Waals surface area (Å²) in [5, 5.41) is 21.1. The number of aliphatic hydroxyl groups excluding tert-OH is 2. The van der Waals surface area contributed by atoms with Crippen LogP contribution in [-0.2, 0) is 0 Å². The highest BCUT2D eigenvalue weighted by Crippen LogP contribution is 2.43. The summed E-state index contributed by atoms with van der Waals surface area (Å²) in [6.45, 7) is 3.95. The second kappa shape index (κ2) is 3.94. The van der Waals surface area contributed by atoms with Crippen LogP contribution in [0.5, 0.6) is 0 Å². The van der Waals surface area contributed by atoms with Gasteiger partial charge in [0.2, 0.25) is 0 Å². The summed E-state index contributed by atoms with van der Waals surface area (Å²) in [4.78, 5) is 0. The molecule has 2 heteroatoms. The van der Waals surface area contributed by atoms with Gasteiger partial charge < -0.3 is 10.2 Å². The van der Waals surface area contributed by atoms with Crippen LogP contribution >= 0.6 is 0 Å². The van der Waals surface area contributed by atoms with E-state index in [-0.39, 0.29) is 0 Å². The van der Waals surface area contributed by atoms with E-state index in [0.29, 0.717) is 0 Å². The number of benzene rings is 2. The van der Waals surface area contributed by atoms with Crippen LogP contribution in [0.2, 0.25) is 0 Å². The lowest BCUT2D eigenvalue weighted by molar-refractivity contribution is 0.172. The Bertz CT molecular complexity index is 562. The Morgan fingerprint density at radius 3 is 1.50 bits per heavy atom. The summed E-state index contributed by atoms with van der Waals surface area (Å²) in [6.07, 6.45) is -1.28. The molecule has 2 unspecified atom stereocenters. The minimum Gasteiger partial charge on any atom is -0.384 e. The van der Waals surface area contributed by atoms with Crippen molar-refractivity contribution in [3.8, 4) is 0 Å². The molecule has 0 saturated heterocycles. The molecule has 0 aliphatic heterocycles. The minimum atomic E-state index is -0.639. The first-order valence-electron chi connectivity index (χ1n) is 6.16. The molecule has 2 aromatic rings. The summed E-state index contributed by atoms with van der Waals surface area (Å²) in [7, 11) is 0. The van der Waals surface area contributed by atoms with E-state index in [9.17, 15) is 10.2 Å². The van der Waals surface area contributed by atoms with Crippen molar-refractivity contribution in [2.24, 2.45) is 0 Å². The monoisotopic (exact) mass is 240 g/mol. The van der Waals surface area contributed by atoms with Gasteiger partial charge in [-0.05, 0) is 47.2 Å². The molecule has 0 heterocycles. The number of aliphatic hydroxyl groups is 2. The fourth-order valence-electron chi connectivity index (χ4n) is 2.90. The van der Waals surface area contributed by atoms with E-state index < -0.39 is 12.2 Å². The van der Waals surface area contributed by atoms with Crippen molar-refractivity contribution < 1.29 is 10.2 Å². The molecule has 0 aromatic heterocycles. The molecule has 2 atom stereocenters. The lowest BCUT2D eigenvalue weighted by Crippen LogP contribution is -2.20. The average molecular weight is 240 g/mol. The predicted molar refractivity (Wildman–Crippen MR) is 70.5 cm³/mol. The molecule has 0 amide bonds. The number of aryl methyl sites for hydroxylation is 2. The summed E-state index contributed by atoms with van der Waals surface area (Å²) in [5.74, 6) is 0. The molecule has 0 radical (unpaired) electrons. The van der Waals surface area contributed by atoms with Crippen LogP contribution in [0.25, 0.3) is 0 Å². The van der Waals surface area contributed by atoms with Gasteiger partial charge in [0.25, 0.3) is 0 Å². The summed E-state index contributed by atoms with van der Waals surface area (Å²) in [5.41, 5.74) is 5.40. The molecule has 0 fully saturated rings. The van der Waals surface area contributed by atoms with Crippen LogP contribution < -0.4 is 0 Å². The van der Waals surface area contributed by atoms with Crippen molar-refractivity contribution in [3.63, 3.8) is 0 Å². The number of fused-ring (bicyclic) bond motifs is 2. The summed E-state index contributed by atoms with van der Waals surface area (Å²) in [6, 6.07) is 11.5. The Morgan fingerprint density at radius 1 is 0.722 bits per heavy atom. The van der Waals surface area contributed by atoms with Gasteiger partial charge in [0.1, 0.15) is 12.2 Å². The Kier molecular flexibility index (Phi) is 2.51. The SMILES string of the molecule is Cc1ccc(C)c2c1C(O)c1ccccc1C2O. The normalized spacial score (nSPS) is 21.3. The maximum atomic E-state index is 10.5. The molecule has 0 spiro atoms. The highest BCUT2D eigenvalue weighted by molar-refractivity contribution is 5.55. The third kappa shape index (κ3) is 1.43. The molecule has 2 N–H and O–H groups in total. The topological polar surface area (TPSA) is 40.5 Å². The zero-order valence-corrected chi connectivity index (χ0v) is 10.5. The number of rotatable bonds is 0. The Labute approximate surface area is 107 Å². The van der Waals surface area contributed by atoms with Crippen molar-refractivity contribution in [1.29, 1.82) is 0 Å². The van der Waals surface area contributed by atoms with Crippen LogP contribution in [0.1, 0.15) is 45.6 Å². The summed E-state index contributed by atoms with van der Waals surface area (Å²) >= 11 is 0. The minimum absolute atomic E-state index is 0.639. The van der Waals surface area contributed by atoms with Gasteiger partial charge in [-0.3, -0.25) is 0 Å². The van der Waals surface area contributed by atoms with E-state index in [2.05, 4.69) is 0 Å². The molecule has 1 aliphatic rings. The molecule has 0 saturated carbocycles. The first-order chi connectivity index (χ1) is 8.61. The van der Waals surface area contributed by atoms with E-state index in [1.165, 1.54) is 0 Å². The molecule has 2 nitrogen and oxygen atoms in total. The van der Waals surface area contributed by atoms with Crippen LogP contribution in [0.4, 0.5) is 0 Å². The van der Waals surface area contributed by atoms with Crippen LogP contribution in [0, 0.1) is 13.8 Å². The van der Waals surface area contributed by atoms with Gasteiger partial charge in [0, 0.05) is 0 Å². The Balaban J connectivity index is 2.33. The van der Waals surface area contributed by atoms with Crippen molar-refractivity contribution in [3.05, 3.63) is 69.8 Å². The largest absolute Gasteiger partial charge is 0.384 e. The lowest BCUT2D eigenvalue weighted by Gasteiger charge is -2.31. The average Bonchev–Trinajstić information content (AvgIpc) is 2.38. The fourth-order valence-corrected chi connectivity index (χ4v) is 2.90. The molecule has 92 valence electrons. The highest BCUT2D eigenvalue weighted by atomic mass is 16.3. The molecule has 3 rings (SSSR count). The van der Waals surface area contributed by atoms with Gasteiger partial charge in [-0.1, -0.05) is 36.4 Å². The van der Waals surface area contributed by atoms with Gasteiger partial charge in [-0.25, -0.2) is 0 Å². The lowest BCUT2D eigenvalue weighted by atomic mass is 9.78. The Hall–Kier alpha value is -1.64. The third-order valence-electron chi connectivity index (χ3n) is 3.86. The van der Waals surface area contributed by atoms with Gasteiger partial charge in [0.15, 0.2) is 0 Å². The zero-order valence-electron chi connectivity index (χ0n) is 10.5. The maximum absolute atomic E-state index is 10.5. The molecular formula is C16H16O2. The number of hydrogen-bond donors (Lipinski definition) is 2. The maximum Gasteiger partial charge on any atom is 0.105 e. The molecule has 1 aliphatic carbocycles. The molecular weight excluding hydrogens is 224 g/mol. The van der Waals surface area contributed by atoms with Crippen LogP contribution in [0.15, 0.2) is 36.4 Å². The van der Waals surface area contributed by atoms with Crippen molar-refractivity contribution in [1.82, 2.24) is 0 Å². The van der Waals surface area contributed by atoms with Gasteiger partial charge in [-0.2, -0.15) is 0 Å². The fraction of sp³-hybridized carbons (Fsp3) is 0.250.